The van der Waals surface area contributed by atoms with Crippen LogP contribution >= 0.6 is 0 Å². The maximum absolute atomic E-state index is 14.3. The van der Waals surface area contributed by atoms with E-state index in [-0.39, 0.29) is 31.6 Å². The van der Waals surface area contributed by atoms with Crippen molar-refractivity contribution in [2.24, 2.45) is 11.5 Å². The molecule has 4 amide bonds. The van der Waals surface area contributed by atoms with E-state index in [1.54, 1.807) is 42.9 Å². The number of pyridine rings is 2. The lowest BCUT2D eigenvalue weighted by Gasteiger charge is -2.31. The third kappa shape index (κ3) is 12.6. The van der Waals surface area contributed by atoms with Crippen molar-refractivity contribution in [2.45, 2.75) is 96.7 Å². The Morgan fingerprint density at radius 2 is 1.66 bits per heavy atom. The summed E-state index contributed by atoms with van der Waals surface area (Å²) >= 11 is 0. The van der Waals surface area contributed by atoms with E-state index in [9.17, 15) is 24.0 Å². The molecule has 2 aromatic heterocycles. The lowest BCUT2D eigenvalue weighted by molar-refractivity contribution is -0.148. The van der Waals surface area contributed by atoms with E-state index in [1.165, 1.54) is 0 Å². The number of amides is 4. The number of imide groups is 1. The average molecular weight is 685 g/mol. The van der Waals surface area contributed by atoms with E-state index in [1.807, 2.05) is 45.3 Å². The molecule has 2 heterocycles. The number of carbonyl (C=O) groups is 4. The predicted molar refractivity (Wildman–Crippen MR) is 191 cm³/mol. The van der Waals surface area contributed by atoms with Gasteiger partial charge in [0.05, 0.1) is 18.9 Å². The Bertz CT molecular complexity index is 1550. The fraction of sp³-hybridized carbons (Fsp3) is 0.447. The summed E-state index contributed by atoms with van der Waals surface area (Å²) in [6.07, 6.45) is 9.60. The van der Waals surface area contributed by atoms with Crippen LogP contribution in [0.1, 0.15) is 72.0 Å². The third-order valence-electron chi connectivity index (χ3n) is 8.50. The van der Waals surface area contributed by atoms with Gasteiger partial charge in [-0.2, -0.15) is 0 Å². The highest BCUT2D eigenvalue weighted by atomic mass is 16.2. The van der Waals surface area contributed by atoms with Crippen molar-refractivity contribution in [3.8, 4) is 0 Å². The summed E-state index contributed by atoms with van der Waals surface area (Å²) in [7, 11) is 0. The van der Waals surface area contributed by atoms with Gasteiger partial charge >= 0.3 is 0 Å². The highest BCUT2D eigenvalue weighted by Gasteiger charge is 2.36. The third-order valence-corrected chi connectivity index (χ3v) is 8.50. The Kier molecular flexibility index (Phi) is 16.4. The monoisotopic (exact) mass is 684 g/mol. The second-order valence-electron chi connectivity index (χ2n) is 12.7. The van der Waals surface area contributed by atoms with Gasteiger partial charge in [-0.05, 0) is 106 Å². The number of benzene rings is 1. The molecule has 3 rings (SSSR count). The zero-order chi connectivity index (χ0) is 36.5. The Balaban J connectivity index is 1.73. The molecule has 50 heavy (non-hydrogen) atoms. The van der Waals surface area contributed by atoms with Crippen LogP contribution in [0.4, 0.5) is 0 Å². The smallest absolute Gasteiger partial charge is 0.252 e. The van der Waals surface area contributed by atoms with Crippen LogP contribution in [-0.4, -0.2) is 76.0 Å². The van der Waals surface area contributed by atoms with Gasteiger partial charge in [0, 0.05) is 37.3 Å². The molecule has 3 aromatic rings. The van der Waals surface area contributed by atoms with Gasteiger partial charge in [0.15, 0.2) is 0 Å². The first-order valence-electron chi connectivity index (χ1n) is 17.2. The van der Waals surface area contributed by atoms with Crippen molar-refractivity contribution in [1.29, 1.82) is 0 Å². The normalized spacial score (nSPS) is 12.7. The van der Waals surface area contributed by atoms with Gasteiger partial charge in [-0.25, -0.2) is 0 Å². The maximum atomic E-state index is 14.3. The van der Waals surface area contributed by atoms with Crippen LogP contribution in [0.25, 0.3) is 0 Å². The SMILES string of the molecule is Cc1cc(C)c(C[C@@H]([C]=O)N(C(=O)Cc2ccccn2)C(=O)[C@H](CCCCN)NC(=O)[C@H](N)CCCCNC(=O)Cc2cccnc2)c(C)c1. The van der Waals surface area contributed by atoms with Crippen molar-refractivity contribution in [1.82, 2.24) is 25.5 Å². The van der Waals surface area contributed by atoms with Crippen LogP contribution < -0.4 is 22.1 Å². The fourth-order valence-electron chi connectivity index (χ4n) is 5.90. The molecule has 0 unspecified atom stereocenters. The number of hydrogen-bond donors (Lipinski definition) is 4. The molecule has 6 N–H and O–H groups in total. The van der Waals surface area contributed by atoms with Crippen LogP contribution in [0.15, 0.2) is 61.1 Å². The summed E-state index contributed by atoms with van der Waals surface area (Å²) < 4.78 is 0. The molecule has 0 aliphatic rings. The van der Waals surface area contributed by atoms with E-state index in [0.717, 1.165) is 32.7 Å². The molecule has 1 radical (unpaired) electrons. The van der Waals surface area contributed by atoms with Gasteiger partial charge in [-0.15, -0.1) is 0 Å². The van der Waals surface area contributed by atoms with E-state index in [0.29, 0.717) is 50.9 Å². The number of rotatable bonds is 20. The summed E-state index contributed by atoms with van der Waals surface area (Å²) in [5.74, 6) is -2.02. The summed E-state index contributed by atoms with van der Waals surface area (Å²) in [5.41, 5.74) is 17.0. The number of unbranched alkanes of at least 4 members (excludes halogenated alkanes) is 2. The molecule has 1 aromatic carbocycles. The molecule has 0 bridgehead atoms. The van der Waals surface area contributed by atoms with E-state index in [4.69, 9.17) is 11.5 Å². The van der Waals surface area contributed by atoms with Crippen LogP contribution in [0.3, 0.4) is 0 Å². The molecule has 267 valence electrons. The second kappa shape index (κ2) is 20.6. The first-order valence-corrected chi connectivity index (χ1v) is 17.2. The molecule has 0 spiro atoms. The Hall–Kier alpha value is -4.81. The van der Waals surface area contributed by atoms with Crippen LogP contribution in [0, 0.1) is 20.8 Å². The summed E-state index contributed by atoms with van der Waals surface area (Å²) in [4.78, 5) is 75.5. The molecule has 0 aliphatic carbocycles. The number of hydrogen-bond acceptors (Lipinski definition) is 9. The average Bonchev–Trinajstić information content (AvgIpc) is 3.09. The number of carbonyl (C=O) groups excluding carboxylic acids is 5. The number of nitrogens with one attached hydrogen (secondary N) is 2. The van der Waals surface area contributed by atoms with E-state index >= 15 is 0 Å². The molecule has 12 nitrogen and oxygen atoms in total. The number of aromatic nitrogens is 2. The quantitative estimate of drug-likeness (QED) is 0.130. The molecular formula is C38H50N7O5. The Morgan fingerprint density at radius 1 is 0.920 bits per heavy atom. The Labute approximate surface area is 294 Å². The van der Waals surface area contributed by atoms with Crippen molar-refractivity contribution >= 4 is 29.9 Å². The van der Waals surface area contributed by atoms with E-state index < -0.39 is 35.8 Å². The zero-order valence-corrected chi connectivity index (χ0v) is 29.3. The lowest BCUT2D eigenvalue weighted by Crippen LogP contribution is -2.57. The largest absolute Gasteiger partial charge is 0.356 e. The number of aryl methyl sites for hydroxylation is 3. The molecule has 0 aliphatic heterocycles. The second-order valence-corrected chi connectivity index (χ2v) is 12.7. The fourth-order valence-corrected chi connectivity index (χ4v) is 5.90. The summed E-state index contributed by atoms with van der Waals surface area (Å²) in [6.45, 7) is 6.62. The van der Waals surface area contributed by atoms with Gasteiger partial charge < -0.3 is 22.1 Å². The molecular weight excluding hydrogens is 634 g/mol. The van der Waals surface area contributed by atoms with Crippen LogP contribution in [-0.2, 0) is 43.2 Å². The van der Waals surface area contributed by atoms with Crippen molar-refractivity contribution in [3.05, 3.63) is 94.6 Å². The lowest BCUT2D eigenvalue weighted by atomic mass is 9.93. The predicted octanol–water partition coefficient (Wildman–Crippen LogP) is 2.49. The number of nitrogens with zero attached hydrogens (tertiary/aromatic N) is 3. The molecule has 3 atom stereocenters. The van der Waals surface area contributed by atoms with Gasteiger partial charge in [-0.1, -0.05) is 29.8 Å². The van der Waals surface area contributed by atoms with Crippen molar-refractivity contribution in [2.75, 3.05) is 13.1 Å². The molecule has 0 saturated carbocycles. The maximum Gasteiger partial charge on any atom is 0.252 e. The van der Waals surface area contributed by atoms with Crippen molar-refractivity contribution in [3.63, 3.8) is 0 Å². The highest BCUT2D eigenvalue weighted by molar-refractivity contribution is 6.02. The van der Waals surface area contributed by atoms with Gasteiger partial charge in [-0.3, -0.25) is 38.8 Å². The van der Waals surface area contributed by atoms with E-state index in [2.05, 4.69) is 20.6 Å². The Morgan fingerprint density at radius 3 is 2.30 bits per heavy atom. The van der Waals surface area contributed by atoms with Crippen molar-refractivity contribution < 1.29 is 24.0 Å². The zero-order valence-electron chi connectivity index (χ0n) is 29.3. The molecule has 0 saturated heterocycles. The topological polar surface area (TPSA) is 190 Å². The highest BCUT2D eigenvalue weighted by Crippen LogP contribution is 2.21. The minimum Gasteiger partial charge on any atom is -0.356 e. The minimum absolute atomic E-state index is 0.0723. The molecule has 12 heteroatoms. The summed E-state index contributed by atoms with van der Waals surface area (Å²) in [6, 6.07) is 9.39. The van der Waals surface area contributed by atoms with Gasteiger partial charge in [0.25, 0.3) is 5.91 Å². The number of nitrogens with two attached hydrogens (primary N) is 2. The molecule has 0 fully saturated rings. The first kappa shape index (κ1) is 39.6. The van der Waals surface area contributed by atoms with Crippen LogP contribution in [0.5, 0.6) is 0 Å². The van der Waals surface area contributed by atoms with Gasteiger partial charge in [0.2, 0.25) is 24.0 Å². The minimum atomic E-state index is -1.24. The van der Waals surface area contributed by atoms with Gasteiger partial charge in [0.1, 0.15) is 12.1 Å². The summed E-state index contributed by atoms with van der Waals surface area (Å²) in [5, 5.41) is 5.62. The van der Waals surface area contributed by atoms with Crippen LogP contribution in [0.2, 0.25) is 0 Å². The first-order chi connectivity index (χ1) is 24.0. The standard InChI is InChI=1S/C38H50N7O5/c1-26-19-27(2)32(28(3)20-26)23-31(25-46)45(36(48)22-30-12-5-8-17-42-30)38(50)34(14-4-7-15-39)44-37(49)33(40)13-6-9-18-43-35(47)21-29-11-10-16-41-24-29/h5,8,10-12,16-17,19-20,24,31,33-34H,4,6-7,9,13-15,18,21-23,39-40H2,1-3H3,(H,43,47)(H,44,49)/t31-,33+,34-/m0/s1.